The molecule has 0 spiro atoms. The number of pyridine rings is 1. The van der Waals surface area contributed by atoms with E-state index in [0.717, 1.165) is 18.2 Å². The molecule has 2 bridgehead atoms. The lowest BCUT2D eigenvalue weighted by Crippen LogP contribution is -2.57. The van der Waals surface area contributed by atoms with Crippen molar-refractivity contribution >= 4 is 40.7 Å². The number of carbonyl (C=O) groups is 3. The van der Waals surface area contributed by atoms with E-state index in [1.54, 1.807) is 42.2 Å². The quantitative estimate of drug-likeness (QED) is 0.489. The molecule has 2 saturated heterocycles. The van der Waals surface area contributed by atoms with Crippen LogP contribution in [-0.4, -0.2) is 97.0 Å². The second-order valence-electron chi connectivity index (χ2n) is 13.2. The van der Waals surface area contributed by atoms with Crippen LogP contribution in [0.2, 0.25) is 0 Å². The highest BCUT2D eigenvalue weighted by molar-refractivity contribution is 5.98. The fourth-order valence-electron chi connectivity index (χ4n) is 5.69. The number of hydrogen-bond acceptors (Lipinski definition) is 8. The minimum atomic E-state index is -0.563. The molecule has 2 aliphatic rings. The molecule has 12 nitrogen and oxygen atoms in total. The number of nitrogens with zero attached hydrogens (tertiary/aromatic N) is 7. The fourth-order valence-corrected chi connectivity index (χ4v) is 5.69. The Balaban J connectivity index is 1.30. The Morgan fingerprint density at radius 3 is 2.19 bits per heavy atom. The van der Waals surface area contributed by atoms with Crippen LogP contribution in [0.1, 0.15) is 75.2 Å². The van der Waals surface area contributed by atoms with Gasteiger partial charge in [-0.1, -0.05) is 0 Å². The number of likely N-dealkylation sites (tertiary alicyclic amines) is 1. The van der Waals surface area contributed by atoms with Crippen LogP contribution >= 0.6 is 0 Å². The molecule has 2 unspecified atom stereocenters. The average Bonchev–Trinajstić information content (AvgIpc) is 3.41. The van der Waals surface area contributed by atoms with Gasteiger partial charge < -0.3 is 24.4 Å². The Labute approximate surface area is 246 Å². The Morgan fingerprint density at radius 2 is 1.64 bits per heavy atom. The maximum atomic E-state index is 13.3. The van der Waals surface area contributed by atoms with Crippen LogP contribution in [0.4, 0.5) is 16.6 Å². The standard InChI is InChI=1S/C30H40N8O4/c1-29(2,3)38-22(26(40)35(7)8)13-19-15-32-27(34-24(19)38)33-23-12-9-18(14-31-23)25(39)36-16-20-10-11-21(17-36)37(20)28(41)42-30(4,5)6/h9,12-15,20-21H,10-11,16-17H2,1-8H3,(H,31,32,33,34). The van der Waals surface area contributed by atoms with Gasteiger partial charge in [0.1, 0.15) is 22.8 Å². The van der Waals surface area contributed by atoms with Gasteiger partial charge in [0.15, 0.2) is 0 Å². The topological polar surface area (TPSA) is 126 Å². The van der Waals surface area contributed by atoms with Gasteiger partial charge in [0, 0.05) is 50.5 Å². The lowest BCUT2D eigenvalue weighted by Gasteiger charge is -2.41. The lowest BCUT2D eigenvalue weighted by molar-refractivity contribution is -0.00336. The molecule has 0 radical (unpaired) electrons. The second-order valence-corrected chi connectivity index (χ2v) is 13.2. The summed E-state index contributed by atoms with van der Waals surface area (Å²) in [5.41, 5.74) is 0.682. The van der Waals surface area contributed by atoms with Crippen molar-refractivity contribution in [1.29, 1.82) is 0 Å². The molecule has 12 heteroatoms. The molecule has 5 heterocycles. The van der Waals surface area contributed by atoms with Crippen molar-refractivity contribution in [3.05, 3.63) is 41.9 Å². The van der Waals surface area contributed by atoms with Crippen LogP contribution in [0.5, 0.6) is 0 Å². The number of amides is 3. The summed E-state index contributed by atoms with van der Waals surface area (Å²) < 4.78 is 7.53. The molecule has 0 aromatic carbocycles. The molecule has 3 aromatic heterocycles. The van der Waals surface area contributed by atoms with Gasteiger partial charge in [-0.2, -0.15) is 4.98 Å². The first-order valence-electron chi connectivity index (χ1n) is 14.3. The average molecular weight is 577 g/mol. The Morgan fingerprint density at radius 1 is 0.976 bits per heavy atom. The number of rotatable bonds is 4. The number of fused-ring (bicyclic) bond motifs is 3. The van der Waals surface area contributed by atoms with Crippen molar-refractivity contribution in [3.8, 4) is 0 Å². The SMILES string of the molecule is CN(C)C(=O)c1cc2cnc(Nc3ccc(C(=O)N4CC5CCC(C4)N5C(=O)OC(C)(C)C)cn3)nc2n1C(C)(C)C. The van der Waals surface area contributed by atoms with E-state index in [9.17, 15) is 14.4 Å². The van der Waals surface area contributed by atoms with E-state index >= 15 is 0 Å². The van der Waals surface area contributed by atoms with Crippen LogP contribution in [0, 0.1) is 0 Å². The summed E-state index contributed by atoms with van der Waals surface area (Å²) in [5.74, 6) is 0.586. The van der Waals surface area contributed by atoms with Crippen molar-refractivity contribution in [3.63, 3.8) is 0 Å². The molecule has 0 aliphatic carbocycles. The van der Waals surface area contributed by atoms with E-state index in [2.05, 4.69) is 15.3 Å². The van der Waals surface area contributed by atoms with Crippen LogP contribution in [0.3, 0.4) is 0 Å². The van der Waals surface area contributed by atoms with Crippen molar-refractivity contribution in [2.45, 2.75) is 77.6 Å². The van der Waals surface area contributed by atoms with Crippen molar-refractivity contribution in [2.24, 2.45) is 0 Å². The van der Waals surface area contributed by atoms with Crippen LogP contribution in [-0.2, 0) is 10.3 Å². The van der Waals surface area contributed by atoms with Crippen LogP contribution in [0.15, 0.2) is 30.6 Å². The molecule has 5 rings (SSSR count). The van der Waals surface area contributed by atoms with Gasteiger partial charge in [0.25, 0.3) is 11.8 Å². The minimum Gasteiger partial charge on any atom is -0.444 e. The van der Waals surface area contributed by atoms with Gasteiger partial charge in [0.05, 0.1) is 17.6 Å². The summed E-state index contributed by atoms with van der Waals surface area (Å²) in [6.07, 6.45) is 4.61. The van der Waals surface area contributed by atoms with Gasteiger partial charge in [-0.05, 0) is 72.6 Å². The second kappa shape index (κ2) is 10.6. The van der Waals surface area contributed by atoms with Crippen molar-refractivity contribution < 1.29 is 19.1 Å². The molecule has 2 aliphatic heterocycles. The van der Waals surface area contributed by atoms with E-state index < -0.39 is 11.1 Å². The van der Waals surface area contributed by atoms with E-state index in [4.69, 9.17) is 9.72 Å². The molecule has 0 saturated carbocycles. The molecule has 224 valence electrons. The summed E-state index contributed by atoms with van der Waals surface area (Å²) in [6, 6.07) is 5.15. The highest BCUT2D eigenvalue weighted by Gasteiger charge is 2.45. The Hall–Kier alpha value is -4.22. The maximum absolute atomic E-state index is 13.3. The highest BCUT2D eigenvalue weighted by Crippen LogP contribution is 2.33. The lowest BCUT2D eigenvalue weighted by atomic mass is 10.1. The zero-order valence-corrected chi connectivity index (χ0v) is 25.6. The summed E-state index contributed by atoms with van der Waals surface area (Å²) in [4.78, 5) is 57.7. The zero-order chi connectivity index (χ0) is 30.6. The first-order chi connectivity index (χ1) is 19.6. The summed E-state index contributed by atoms with van der Waals surface area (Å²) in [6.45, 7) is 12.6. The molecule has 2 atom stereocenters. The largest absolute Gasteiger partial charge is 0.444 e. The van der Waals surface area contributed by atoms with E-state index in [1.807, 2.05) is 57.1 Å². The normalized spacial score (nSPS) is 18.8. The maximum Gasteiger partial charge on any atom is 0.410 e. The Bertz CT molecular complexity index is 1500. The van der Waals surface area contributed by atoms with Gasteiger partial charge in [-0.3, -0.25) is 14.5 Å². The van der Waals surface area contributed by atoms with Crippen LogP contribution < -0.4 is 5.32 Å². The highest BCUT2D eigenvalue weighted by atomic mass is 16.6. The van der Waals surface area contributed by atoms with Crippen molar-refractivity contribution in [2.75, 3.05) is 32.5 Å². The first kappa shape index (κ1) is 29.3. The van der Waals surface area contributed by atoms with Crippen LogP contribution in [0.25, 0.3) is 11.0 Å². The predicted molar refractivity (Wildman–Crippen MR) is 159 cm³/mol. The van der Waals surface area contributed by atoms with Crippen molar-refractivity contribution in [1.82, 2.24) is 34.2 Å². The molecular formula is C30H40N8O4. The predicted octanol–water partition coefficient (Wildman–Crippen LogP) is 4.25. The number of nitrogens with one attached hydrogen (secondary N) is 1. The number of anilines is 2. The third-order valence-electron chi connectivity index (χ3n) is 7.46. The fraction of sp³-hybridized carbons (Fsp3) is 0.533. The Kier molecular flexibility index (Phi) is 7.36. The number of hydrogen-bond donors (Lipinski definition) is 1. The third-order valence-corrected chi connectivity index (χ3v) is 7.46. The van der Waals surface area contributed by atoms with E-state index in [0.29, 0.717) is 41.8 Å². The smallest absolute Gasteiger partial charge is 0.410 e. The number of carbonyl (C=O) groups excluding carboxylic acids is 3. The molecule has 3 aromatic rings. The number of aromatic nitrogens is 4. The minimum absolute atomic E-state index is 0.0518. The summed E-state index contributed by atoms with van der Waals surface area (Å²) in [5, 5.41) is 3.88. The monoisotopic (exact) mass is 576 g/mol. The third kappa shape index (κ3) is 5.75. The van der Waals surface area contributed by atoms with Gasteiger partial charge in [-0.15, -0.1) is 0 Å². The summed E-state index contributed by atoms with van der Waals surface area (Å²) in [7, 11) is 3.44. The first-order valence-corrected chi connectivity index (χ1v) is 14.3. The molecule has 2 fully saturated rings. The summed E-state index contributed by atoms with van der Waals surface area (Å²) >= 11 is 0. The zero-order valence-electron chi connectivity index (χ0n) is 25.6. The number of ether oxygens (including phenoxy) is 1. The molecule has 3 amide bonds. The molecule has 42 heavy (non-hydrogen) atoms. The molecule has 1 N–H and O–H groups in total. The van der Waals surface area contributed by atoms with Gasteiger partial charge in [-0.25, -0.2) is 14.8 Å². The van der Waals surface area contributed by atoms with E-state index in [1.165, 1.54) is 6.20 Å². The van der Waals surface area contributed by atoms with E-state index in [-0.39, 0.29) is 30.0 Å². The molecular weight excluding hydrogens is 536 g/mol. The number of piperazine rings is 1. The van der Waals surface area contributed by atoms with Gasteiger partial charge in [0.2, 0.25) is 5.95 Å². The van der Waals surface area contributed by atoms with Gasteiger partial charge >= 0.3 is 6.09 Å².